The Morgan fingerprint density at radius 1 is 1.13 bits per heavy atom. The van der Waals surface area contributed by atoms with Gasteiger partial charge in [0.25, 0.3) is 11.7 Å². The molecule has 160 valence electrons. The van der Waals surface area contributed by atoms with Crippen LogP contribution in [0, 0.1) is 0 Å². The zero-order valence-electron chi connectivity index (χ0n) is 17.4. The number of hydrogen-bond donors (Lipinski definition) is 1. The molecule has 0 saturated carbocycles. The molecule has 3 rings (SSSR count). The van der Waals surface area contributed by atoms with Crippen LogP contribution < -0.4 is 9.47 Å². The molecular formula is C22H25NO6S. The van der Waals surface area contributed by atoms with Crippen LogP contribution >= 0.6 is 11.3 Å². The molecule has 8 heteroatoms. The Hall–Kier alpha value is -2.84. The molecule has 1 aliphatic heterocycles. The fourth-order valence-electron chi connectivity index (χ4n) is 3.46. The predicted octanol–water partition coefficient (Wildman–Crippen LogP) is 3.61. The average Bonchev–Trinajstić information content (AvgIpc) is 3.34. The summed E-state index contributed by atoms with van der Waals surface area (Å²) in [5.41, 5.74) is 0.246. The number of aliphatic hydroxyl groups is 1. The average molecular weight is 432 g/mol. The summed E-state index contributed by atoms with van der Waals surface area (Å²) in [4.78, 5) is 28.1. The van der Waals surface area contributed by atoms with Crippen LogP contribution in [0.4, 0.5) is 0 Å². The standard InChI is InChI=1S/C22H25NO6S/c1-13(2)29-11-10-23-19(16-9-6-12-30-16)18(21(25)22(23)26)20(24)17-14(27-3)7-5-8-15(17)28-4/h5-9,12-13,19,24H,10-11H2,1-4H3/b20-18+. The van der Waals surface area contributed by atoms with Crippen molar-refractivity contribution in [2.24, 2.45) is 0 Å². The number of rotatable bonds is 8. The summed E-state index contributed by atoms with van der Waals surface area (Å²) < 4.78 is 16.3. The summed E-state index contributed by atoms with van der Waals surface area (Å²) in [6, 6.07) is 8.00. The van der Waals surface area contributed by atoms with Gasteiger partial charge in [-0.15, -0.1) is 11.3 Å². The lowest BCUT2D eigenvalue weighted by atomic mass is 9.98. The smallest absolute Gasteiger partial charge is 0.295 e. The van der Waals surface area contributed by atoms with E-state index in [-0.39, 0.29) is 36.2 Å². The van der Waals surface area contributed by atoms with E-state index in [9.17, 15) is 14.7 Å². The number of nitrogens with zero attached hydrogens (tertiary/aromatic N) is 1. The Morgan fingerprint density at radius 2 is 1.80 bits per heavy atom. The highest BCUT2D eigenvalue weighted by Gasteiger charge is 2.47. The van der Waals surface area contributed by atoms with Gasteiger partial charge in [-0.05, 0) is 37.4 Å². The molecule has 1 aliphatic rings. The van der Waals surface area contributed by atoms with Crippen molar-refractivity contribution in [1.82, 2.24) is 4.90 Å². The lowest BCUT2D eigenvalue weighted by Crippen LogP contribution is -2.33. The SMILES string of the molecule is COc1cccc(OC)c1/C(O)=C1\C(=O)C(=O)N(CCOC(C)C)C1c1cccs1. The minimum atomic E-state index is -0.747. The van der Waals surface area contributed by atoms with Crippen LogP contribution in [0.3, 0.4) is 0 Å². The Bertz CT molecular complexity index is 928. The number of aliphatic hydroxyl groups excluding tert-OH is 1. The van der Waals surface area contributed by atoms with Gasteiger partial charge < -0.3 is 24.2 Å². The van der Waals surface area contributed by atoms with Crippen LogP contribution in [0.5, 0.6) is 11.5 Å². The van der Waals surface area contributed by atoms with Crippen molar-refractivity contribution in [2.75, 3.05) is 27.4 Å². The molecule has 1 amide bonds. The number of carbonyl (C=O) groups excluding carboxylic acids is 2. The highest BCUT2D eigenvalue weighted by molar-refractivity contribution is 7.10. The van der Waals surface area contributed by atoms with Crippen LogP contribution in [0.2, 0.25) is 0 Å². The second-order valence-corrected chi connectivity index (χ2v) is 7.94. The van der Waals surface area contributed by atoms with Crippen LogP contribution in [0.1, 0.15) is 30.3 Å². The number of hydrogen-bond acceptors (Lipinski definition) is 7. The summed E-state index contributed by atoms with van der Waals surface area (Å²) in [6.45, 7) is 4.31. The number of carbonyl (C=O) groups is 2. The number of ether oxygens (including phenoxy) is 3. The summed E-state index contributed by atoms with van der Waals surface area (Å²) in [5.74, 6) is -1.06. The van der Waals surface area contributed by atoms with E-state index < -0.39 is 17.7 Å². The van der Waals surface area contributed by atoms with Crippen LogP contribution in [0.25, 0.3) is 5.76 Å². The molecule has 1 aromatic heterocycles. The lowest BCUT2D eigenvalue weighted by molar-refractivity contribution is -0.140. The maximum atomic E-state index is 13.0. The van der Waals surface area contributed by atoms with Gasteiger partial charge in [-0.1, -0.05) is 12.1 Å². The van der Waals surface area contributed by atoms with Crippen molar-refractivity contribution < 1.29 is 28.9 Å². The Kier molecular flexibility index (Phi) is 6.79. The van der Waals surface area contributed by atoms with Gasteiger partial charge in [-0.3, -0.25) is 9.59 Å². The molecule has 1 fully saturated rings. The quantitative estimate of drug-likeness (QED) is 0.390. The maximum Gasteiger partial charge on any atom is 0.295 e. The highest BCUT2D eigenvalue weighted by atomic mass is 32.1. The topological polar surface area (TPSA) is 85.3 Å². The van der Waals surface area contributed by atoms with Gasteiger partial charge in [0, 0.05) is 11.4 Å². The van der Waals surface area contributed by atoms with Gasteiger partial charge in [0.2, 0.25) is 0 Å². The number of benzene rings is 1. The highest BCUT2D eigenvalue weighted by Crippen LogP contribution is 2.44. The number of amides is 1. The van der Waals surface area contributed by atoms with E-state index in [1.807, 2.05) is 31.4 Å². The van der Waals surface area contributed by atoms with Crippen molar-refractivity contribution in [3.8, 4) is 11.5 Å². The number of ketones is 1. The van der Waals surface area contributed by atoms with E-state index in [4.69, 9.17) is 14.2 Å². The Labute approximate surface area is 179 Å². The Morgan fingerprint density at radius 3 is 2.33 bits per heavy atom. The molecule has 30 heavy (non-hydrogen) atoms. The summed E-state index contributed by atoms with van der Waals surface area (Å²) in [7, 11) is 2.92. The molecule has 1 N–H and O–H groups in total. The first-order valence-corrected chi connectivity index (χ1v) is 10.4. The van der Waals surface area contributed by atoms with Crippen molar-refractivity contribution in [2.45, 2.75) is 26.0 Å². The number of Topliss-reactive ketones (excluding diaryl/α,β-unsaturated/α-hetero) is 1. The second kappa shape index (κ2) is 9.32. The van der Waals surface area contributed by atoms with E-state index in [1.54, 1.807) is 18.2 Å². The number of thiophene rings is 1. The van der Waals surface area contributed by atoms with Gasteiger partial charge >= 0.3 is 0 Å². The largest absolute Gasteiger partial charge is 0.506 e. The first-order chi connectivity index (χ1) is 14.4. The lowest BCUT2D eigenvalue weighted by Gasteiger charge is -2.24. The van der Waals surface area contributed by atoms with E-state index in [0.29, 0.717) is 11.5 Å². The van der Waals surface area contributed by atoms with E-state index in [2.05, 4.69) is 0 Å². The molecule has 0 aliphatic carbocycles. The van der Waals surface area contributed by atoms with Crippen molar-refractivity contribution in [3.05, 3.63) is 51.7 Å². The fourth-order valence-corrected chi connectivity index (χ4v) is 4.30. The first kappa shape index (κ1) is 21.9. The first-order valence-electron chi connectivity index (χ1n) is 9.55. The molecule has 7 nitrogen and oxygen atoms in total. The Balaban J connectivity index is 2.14. The maximum absolute atomic E-state index is 13.0. The summed E-state index contributed by atoms with van der Waals surface area (Å²) >= 11 is 1.41. The molecule has 0 bridgehead atoms. The third-order valence-electron chi connectivity index (χ3n) is 4.80. The number of likely N-dealkylation sites (tertiary alicyclic amines) is 1. The van der Waals surface area contributed by atoms with Crippen LogP contribution in [-0.4, -0.2) is 55.2 Å². The molecule has 2 heterocycles. The van der Waals surface area contributed by atoms with Gasteiger partial charge in [-0.25, -0.2) is 0 Å². The zero-order chi connectivity index (χ0) is 21.8. The normalized spacial score (nSPS) is 18.3. The molecule has 2 aromatic rings. The van der Waals surface area contributed by atoms with Crippen LogP contribution in [-0.2, 0) is 14.3 Å². The van der Waals surface area contributed by atoms with E-state index in [1.165, 1.54) is 30.5 Å². The third kappa shape index (κ3) is 4.06. The van der Waals surface area contributed by atoms with Gasteiger partial charge in [-0.2, -0.15) is 0 Å². The fraction of sp³-hybridized carbons (Fsp3) is 0.364. The zero-order valence-corrected chi connectivity index (χ0v) is 18.2. The minimum Gasteiger partial charge on any atom is -0.506 e. The molecule has 1 unspecified atom stereocenters. The molecule has 0 radical (unpaired) electrons. The summed E-state index contributed by atoms with van der Waals surface area (Å²) in [5, 5.41) is 13.1. The van der Waals surface area contributed by atoms with E-state index in [0.717, 1.165) is 4.88 Å². The summed E-state index contributed by atoms with van der Waals surface area (Å²) in [6.07, 6.45) is -0.000138. The second-order valence-electron chi connectivity index (χ2n) is 6.96. The van der Waals surface area contributed by atoms with Crippen molar-refractivity contribution in [1.29, 1.82) is 0 Å². The number of methoxy groups -OCH3 is 2. The monoisotopic (exact) mass is 431 g/mol. The van der Waals surface area contributed by atoms with Crippen LogP contribution in [0.15, 0.2) is 41.3 Å². The molecule has 1 atom stereocenters. The molecule has 0 spiro atoms. The molecule has 1 aromatic carbocycles. The van der Waals surface area contributed by atoms with Gasteiger partial charge in [0.15, 0.2) is 0 Å². The minimum absolute atomic E-state index is 0.000138. The van der Waals surface area contributed by atoms with Crippen molar-refractivity contribution in [3.63, 3.8) is 0 Å². The predicted molar refractivity (Wildman–Crippen MR) is 114 cm³/mol. The third-order valence-corrected chi connectivity index (χ3v) is 5.73. The molecule has 1 saturated heterocycles. The van der Waals surface area contributed by atoms with Crippen molar-refractivity contribution >= 4 is 28.8 Å². The van der Waals surface area contributed by atoms with E-state index >= 15 is 0 Å². The van der Waals surface area contributed by atoms with Gasteiger partial charge in [0.1, 0.15) is 22.8 Å². The molecular weight excluding hydrogens is 406 g/mol. The van der Waals surface area contributed by atoms with Gasteiger partial charge in [0.05, 0.1) is 38.5 Å².